The number of rotatable bonds is 4. The topological polar surface area (TPSA) is 62.1 Å². The van der Waals surface area contributed by atoms with Gasteiger partial charge < -0.3 is 10.1 Å². The van der Waals surface area contributed by atoms with Gasteiger partial charge in [0.15, 0.2) is 0 Å². The van der Waals surface area contributed by atoms with Gasteiger partial charge in [0.2, 0.25) is 0 Å². The van der Waals surface area contributed by atoms with E-state index in [1.165, 1.54) is 13.2 Å². The molecule has 0 radical (unpaired) electrons. The summed E-state index contributed by atoms with van der Waals surface area (Å²) in [5, 5.41) is 12.6. The van der Waals surface area contributed by atoms with Gasteiger partial charge in [0.05, 0.1) is 22.8 Å². The summed E-state index contributed by atoms with van der Waals surface area (Å²) in [4.78, 5) is 12.2. The van der Waals surface area contributed by atoms with Crippen LogP contribution < -0.4 is 10.1 Å². The average molecular weight is 347 g/mol. The minimum Gasteiger partial charge on any atom is -0.495 e. The Hall–Kier alpha value is -2.48. The fraction of sp³-hybridized carbons (Fsp3) is 0.0588. The lowest BCUT2D eigenvalue weighted by Gasteiger charge is -2.06. The highest BCUT2D eigenvalue weighted by molar-refractivity contribution is 6.34. The summed E-state index contributed by atoms with van der Waals surface area (Å²) in [5.41, 5.74) is 0.987. The van der Waals surface area contributed by atoms with Crippen LogP contribution in [0.3, 0.4) is 0 Å². The Kier molecular flexibility index (Phi) is 5.64. The summed E-state index contributed by atoms with van der Waals surface area (Å²) in [6.45, 7) is 0. The van der Waals surface area contributed by atoms with Crippen molar-refractivity contribution < 1.29 is 9.53 Å². The molecule has 0 fully saturated rings. The first-order valence-corrected chi connectivity index (χ1v) is 7.32. The van der Waals surface area contributed by atoms with Crippen LogP contribution in [0.2, 0.25) is 10.0 Å². The number of hydrogen-bond acceptors (Lipinski definition) is 3. The molecule has 116 valence electrons. The SMILES string of the molecule is COc1ccc(/C=C(\C#N)C(=O)Nc2ccccc2Cl)cc1Cl. The molecule has 4 nitrogen and oxygen atoms in total. The van der Waals surface area contributed by atoms with Crippen molar-refractivity contribution in [1.29, 1.82) is 5.26 Å². The van der Waals surface area contributed by atoms with E-state index in [0.29, 0.717) is 27.0 Å². The van der Waals surface area contributed by atoms with Crippen molar-refractivity contribution in [1.82, 2.24) is 0 Å². The van der Waals surface area contributed by atoms with Crippen LogP contribution >= 0.6 is 23.2 Å². The Morgan fingerprint density at radius 3 is 2.57 bits per heavy atom. The maximum atomic E-state index is 12.2. The van der Waals surface area contributed by atoms with E-state index in [1.54, 1.807) is 42.5 Å². The first-order valence-electron chi connectivity index (χ1n) is 6.56. The molecule has 0 saturated heterocycles. The predicted molar refractivity (Wildman–Crippen MR) is 91.7 cm³/mol. The first kappa shape index (κ1) is 16.9. The highest BCUT2D eigenvalue weighted by Gasteiger charge is 2.11. The van der Waals surface area contributed by atoms with Gasteiger partial charge in [-0.1, -0.05) is 41.4 Å². The normalized spacial score (nSPS) is 10.8. The summed E-state index contributed by atoms with van der Waals surface area (Å²) in [5.74, 6) is -0.0321. The maximum absolute atomic E-state index is 12.2. The van der Waals surface area contributed by atoms with Gasteiger partial charge in [-0.25, -0.2) is 0 Å². The van der Waals surface area contributed by atoms with E-state index in [2.05, 4.69) is 5.32 Å². The standard InChI is InChI=1S/C17H12Cl2N2O2/c1-23-16-7-6-11(9-14(16)19)8-12(10-20)17(22)21-15-5-3-2-4-13(15)18/h2-9H,1H3,(H,21,22)/b12-8+. The molecule has 0 heterocycles. The summed E-state index contributed by atoms with van der Waals surface area (Å²) in [6, 6.07) is 13.6. The van der Waals surface area contributed by atoms with Crippen molar-refractivity contribution in [2.45, 2.75) is 0 Å². The van der Waals surface area contributed by atoms with Crippen molar-refractivity contribution >= 4 is 40.9 Å². The van der Waals surface area contributed by atoms with Gasteiger partial charge in [-0.2, -0.15) is 5.26 Å². The molecule has 6 heteroatoms. The van der Waals surface area contributed by atoms with Gasteiger partial charge >= 0.3 is 0 Å². The smallest absolute Gasteiger partial charge is 0.266 e. The Morgan fingerprint density at radius 2 is 1.96 bits per heavy atom. The summed E-state index contributed by atoms with van der Waals surface area (Å²) >= 11 is 12.0. The molecule has 0 atom stereocenters. The maximum Gasteiger partial charge on any atom is 0.266 e. The second-order valence-corrected chi connectivity index (χ2v) is 5.31. The largest absolute Gasteiger partial charge is 0.495 e. The third kappa shape index (κ3) is 4.26. The predicted octanol–water partition coefficient (Wildman–Crippen LogP) is 4.55. The number of amides is 1. The number of halogens is 2. The molecule has 0 aromatic heterocycles. The number of carbonyl (C=O) groups is 1. The summed E-state index contributed by atoms with van der Waals surface area (Å²) in [6.07, 6.45) is 1.44. The van der Waals surface area contributed by atoms with Crippen molar-refractivity contribution in [2.24, 2.45) is 0 Å². The van der Waals surface area contributed by atoms with E-state index < -0.39 is 5.91 Å². The molecule has 0 unspecified atom stereocenters. The first-order chi connectivity index (χ1) is 11.0. The van der Waals surface area contributed by atoms with E-state index >= 15 is 0 Å². The van der Waals surface area contributed by atoms with Crippen LogP contribution in [0.5, 0.6) is 5.75 Å². The number of para-hydroxylation sites is 1. The lowest BCUT2D eigenvalue weighted by atomic mass is 10.1. The van der Waals surface area contributed by atoms with Gasteiger partial charge in [-0.15, -0.1) is 0 Å². The number of ether oxygens (including phenoxy) is 1. The van der Waals surface area contributed by atoms with Gasteiger partial charge in [0.25, 0.3) is 5.91 Å². The number of benzene rings is 2. The van der Waals surface area contributed by atoms with Crippen LogP contribution in [0.1, 0.15) is 5.56 Å². The van der Waals surface area contributed by atoms with Crippen LogP contribution in [-0.4, -0.2) is 13.0 Å². The Morgan fingerprint density at radius 1 is 1.22 bits per heavy atom. The summed E-state index contributed by atoms with van der Waals surface area (Å²) < 4.78 is 5.06. The van der Waals surface area contributed by atoms with Crippen LogP contribution in [0.25, 0.3) is 6.08 Å². The number of hydrogen-bond donors (Lipinski definition) is 1. The molecular weight excluding hydrogens is 335 g/mol. The fourth-order valence-electron chi connectivity index (χ4n) is 1.84. The number of methoxy groups -OCH3 is 1. The molecule has 23 heavy (non-hydrogen) atoms. The van der Waals surface area contributed by atoms with E-state index in [-0.39, 0.29) is 5.57 Å². The van der Waals surface area contributed by atoms with Crippen molar-refractivity contribution in [3.63, 3.8) is 0 Å². The van der Waals surface area contributed by atoms with Crippen LogP contribution in [0.15, 0.2) is 48.0 Å². The molecule has 2 aromatic rings. The Labute approximate surface area is 143 Å². The van der Waals surface area contributed by atoms with Crippen LogP contribution in [-0.2, 0) is 4.79 Å². The van der Waals surface area contributed by atoms with Crippen molar-refractivity contribution in [3.05, 3.63) is 63.6 Å². The molecule has 0 aliphatic heterocycles. The zero-order valence-electron chi connectivity index (χ0n) is 12.1. The number of nitrogens with zero attached hydrogens (tertiary/aromatic N) is 1. The fourth-order valence-corrected chi connectivity index (χ4v) is 2.29. The van der Waals surface area contributed by atoms with E-state index in [9.17, 15) is 10.1 Å². The Balaban J connectivity index is 2.25. The lowest BCUT2D eigenvalue weighted by molar-refractivity contribution is -0.112. The van der Waals surface area contributed by atoms with E-state index in [0.717, 1.165) is 0 Å². The zero-order chi connectivity index (χ0) is 16.8. The third-order valence-electron chi connectivity index (χ3n) is 2.97. The van der Waals surface area contributed by atoms with Crippen LogP contribution in [0, 0.1) is 11.3 Å². The third-order valence-corrected chi connectivity index (χ3v) is 3.60. The highest BCUT2D eigenvalue weighted by Crippen LogP contribution is 2.26. The molecular formula is C17H12Cl2N2O2. The van der Waals surface area contributed by atoms with Gasteiger partial charge in [0.1, 0.15) is 17.4 Å². The van der Waals surface area contributed by atoms with Crippen molar-refractivity contribution in [2.75, 3.05) is 12.4 Å². The number of carbonyl (C=O) groups excluding carboxylic acids is 1. The molecule has 0 aliphatic rings. The highest BCUT2D eigenvalue weighted by atomic mass is 35.5. The molecule has 1 amide bonds. The van der Waals surface area contributed by atoms with Crippen molar-refractivity contribution in [3.8, 4) is 11.8 Å². The molecule has 0 bridgehead atoms. The molecule has 0 saturated carbocycles. The Bertz CT molecular complexity index is 810. The van der Waals surface area contributed by atoms with E-state index in [1.807, 2.05) is 6.07 Å². The van der Waals surface area contributed by atoms with Gasteiger partial charge in [-0.3, -0.25) is 4.79 Å². The number of nitrogens with one attached hydrogen (secondary N) is 1. The van der Waals surface area contributed by atoms with E-state index in [4.69, 9.17) is 27.9 Å². The molecule has 2 rings (SSSR count). The minimum absolute atomic E-state index is 0.0637. The molecule has 2 aromatic carbocycles. The number of nitriles is 1. The molecule has 0 spiro atoms. The molecule has 1 N–H and O–H groups in total. The minimum atomic E-state index is -0.549. The van der Waals surface area contributed by atoms with Crippen LogP contribution in [0.4, 0.5) is 5.69 Å². The summed E-state index contributed by atoms with van der Waals surface area (Å²) in [7, 11) is 1.51. The zero-order valence-corrected chi connectivity index (χ0v) is 13.7. The lowest BCUT2D eigenvalue weighted by Crippen LogP contribution is -2.13. The quantitative estimate of drug-likeness (QED) is 0.652. The molecule has 0 aliphatic carbocycles. The average Bonchev–Trinajstić information content (AvgIpc) is 2.54. The number of anilines is 1. The monoisotopic (exact) mass is 346 g/mol. The van der Waals surface area contributed by atoms with Gasteiger partial charge in [-0.05, 0) is 35.9 Å². The van der Waals surface area contributed by atoms with Gasteiger partial charge in [0, 0.05) is 0 Å². The second-order valence-electron chi connectivity index (χ2n) is 4.50. The second kappa shape index (κ2) is 7.68.